The lowest BCUT2D eigenvalue weighted by Gasteiger charge is -2.06. The first-order valence-corrected chi connectivity index (χ1v) is 7.84. The van der Waals surface area contributed by atoms with Crippen LogP contribution in [0, 0.1) is 6.85 Å². The molecule has 0 aliphatic carbocycles. The molecule has 4 rings (SSSR count). The van der Waals surface area contributed by atoms with E-state index in [4.69, 9.17) is 9.60 Å². The molecule has 0 unspecified atom stereocenters. The molecule has 3 heterocycles. The van der Waals surface area contributed by atoms with Crippen molar-refractivity contribution in [3.8, 4) is 11.4 Å². The summed E-state index contributed by atoms with van der Waals surface area (Å²) in [7, 11) is 1.85. The minimum atomic E-state index is -2.83. The molecular weight excluding hydrogens is 324 g/mol. The summed E-state index contributed by atoms with van der Waals surface area (Å²) >= 11 is 0. The summed E-state index contributed by atoms with van der Waals surface area (Å²) in [6, 6.07) is 0.715. The SMILES string of the molecule is [2H]c1c([2H])c(C([2H])([2H])[2H])c([2H])c([2H])c1C(=O)Cc1cc2cc(-c3cncn3C)ncc2cn1. The number of fused-ring (bicyclic) bond motifs is 1. The van der Waals surface area contributed by atoms with Gasteiger partial charge in [0, 0.05) is 40.2 Å². The van der Waals surface area contributed by atoms with Gasteiger partial charge in [0.15, 0.2) is 5.78 Å². The highest BCUT2D eigenvalue weighted by atomic mass is 16.1. The number of carbonyl (C=O) groups is 1. The van der Waals surface area contributed by atoms with Gasteiger partial charge in [-0.15, -0.1) is 0 Å². The molecule has 5 heteroatoms. The van der Waals surface area contributed by atoms with Crippen LogP contribution in [0.3, 0.4) is 0 Å². The molecule has 1 aromatic carbocycles. The predicted molar refractivity (Wildman–Crippen MR) is 101 cm³/mol. The van der Waals surface area contributed by atoms with Gasteiger partial charge in [-0.25, -0.2) is 4.98 Å². The predicted octanol–water partition coefficient (Wildman–Crippen LogP) is 3.76. The lowest BCUT2D eigenvalue weighted by Crippen LogP contribution is -2.05. The van der Waals surface area contributed by atoms with Crippen LogP contribution in [0.1, 0.15) is 31.2 Å². The summed E-state index contributed by atoms with van der Waals surface area (Å²) in [6.07, 6.45) is 6.29. The molecule has 0 amide bonds. The summed E-state index contributed by atoms with van der Waals surface area (Å²) in [6.45, 7) is -2.83. The number of aromatic nitrogens is 4. The Morgan fingerprint density at radius 3 is 2.65 bits per heavy atom. The zero-order valence-corrected chi connectivity index (χ0v) is 13.9. The third-order valence-corrected chi connectivity index (χ3v) is 3.98. The van der Waals surface area contributed by atoms with Crippen LogP contribution in [0.4, 0.5) is 0 Å². The fourth-order valence-corrected chi connectivity index (χ4v) is 2.63. The van der Waals surface area contributed by atoms with Crippen LogP contribution in [-0.4, -0.2) is 25.3 Å². The van der Waals surface area contributed by atoms with E-state index in [1.807, 2.05) is 17.7 Å². The van der Waals surface area contributed by atoms with Crippen molar-refractivity contribution in [1.29, 1.82) is 0 Å². The average Bonchev–Trinajstić information content (AvgIpc) is 3.17. The summed E-state index contributed by atoms with van der Waals surface area (Å²) in [4.78, 5) is 25.7. The van der Waals surface area contributed by atoms with Gasteiger partial charge in [0.25, 0.3) is 0 Å². The Kier molecular flexibility index (Phi) is 2.50. The molecular formula is C21H18N4O. The third-order valence-electron chi connectivity index (χ3n) is 3.98. The molecule has 0 radical (unpaired) electrons. The fraction of sp³-hybridized carbons (Fsp3) is 0.143. The van der Waals surface area contributed by atoms with Crippen LogP contribution >= 0.6 is 0 Å². The standard InChI is InChI=1S/C21H18N4O/c1-14-3-5-15(6-4-14)21(26)9-18-7-16-8-19(20-12-22-13-25(20)2)24-11-17(16)10-23-18/h3-8,10-13H,9H2,1-2H3/i1D3,3D,4D,5D,6D. The van der Waals surface area contributed by atoms with Crippen LogP contribution in [0.5, 0.6) is 0 Å². The Morgan fingerprint density at radius 2 is 1.92 bits per heavy atom. The normalized spacial score (nSPS) is 15.3. The van der Waals surface area contributed by atoms with Gasteiger partial charge in [-0.05, 0) is 24.4 Å². The van der Waals surface area contributed by atoms with Gasteiger partial charge in [-0.2, -0.15) is 0 Å². The molecule has 3 aromatic heterocycles. The number of ketones is 1. The van der Waals surface area contributed by atoms with Crippen LogP contribution in [-0.2, 0) is 13.5 Å². The van der Waals surface area contributed by atoms with Crippen LogP contribution < -0.4 is 0 Å². The second-order valence-electron chi connectivity index (χ2n) is 5.83. The summed E-state index contributed by atoms with van der Waals surface area (Å²) in [5, 5.41) is 1.53. The number of carbonyl (C=O) groups excluding carboxylic acids is 1. The van der Waals surface area contributed by atoms with E-state index in [0.29, 0.717) is 11.4 Å². The fourth-order valence-electron chi connectivity index (χ4n) is 2.63. The number of nitrogens with zero attached hydrogens (tertiary/aromatic N) is 4. The first-order valence-electron chi connectivity index (χ1n) is 11.3. The van der Waals surface area contributed by atoms with E-state index in [1.165, 1.54) is 0 Å². The van der Waals surface area contributed by atoms with E-state index in [9.17, 15) is 4.79 Å². The monoisotopic (exact) mass is 349 g/mol. The van der Waals surface area contributed by atoms with Gasteiger partial charge in [0.1, 0.15) is 0 Å². The molecule has 0 aliphatic rings. The minimum absolute atomic E-state index is 0.275. The van der Waals surface area contributed by atoms with Gasteiger partial charge in [0.05, 0.1) is 35.8 Å². The number of benzene rings is 1. The lowest BCUT2D eigenvalue weighted by atomic mass is 10.0. The molecule has 0 saturated carbocycles. The molecule has 0 bridgehead atoms. The van der Waals surface area contributed by atoms with Crippen molar-refractivity contribution in [2.75, 3.05) is 0 Å². The van der Waals surface area contributed by atoms with Gasteiger partial charge in [0.2, 0.25) is 0 Å². The highest BCUT2D eigenvalue weighted by Gasteiger charge is 2.10. The second-order valence-corrected chi connectivity index (χ2v) is 5.83. The van der Waals surface area contributed by atoms with E-state index in [0.717, 1.165) is 16.5 Å². The maximum absolute atomic E-state index is 12.9. The number of imidazole rings is 1. The first-order chi connectivity index (χ1) is 15.5. The average molecular weight is 349 g/mol. The summed E-state index contributed by atoms with van der Waals surface area (Å²) in [5.74, 6) is -0.683. The van der Waals surface area contributed by atoms with Crippen molar-refractivity contribution in [2.24, 2.45) is 7.05 Å². The number of rotatable bonds is 4. The first kappa shape index (κ1) is 9.97. The number of hydrogen-bond donors (Lipinski definition) is 0. The Balaban J connectivity index is 1.72. The van der Waals surface area contributed by atoms with Crippen LogP contribution in [0.2, 0.25) is 0 Å². The topological polar surface area (TPSA) is 60.7 Å². The summed E-state index contributed by atoms with van der Waals surface area (Å²) < 4.78 is 56.5. The highest BCUT2D eigenvalue weighted by Crippen LogP contribution is 2.22. The Labute approximate surface area is 161 Å². The molecule has 0 saturated heterocycles. The van der Waals surface area contributed by atoms with Gasteiger partial charge >= 0.3 is 0 Å². The van der Waals surface area contributed by atoms with Crippen molar-refractivity contribution in [3.63, 3.8) is 0 Å². The lowest BCUT2D eigenvalue weighted by molar-refractivity contribution is 0.0992. The molecule has 128 valence electrons. The Hall–Kier alpha value is -3.34. The molecule has 26 heavy (non-hydrogen) atoms. The maximum Gasteiger partial charge on any atom is 0.168 e. The van der Waals surface area contributed by atoms with Gasteiger partial charge in [-0.3, -0.25) is 14.8 Å². The van der Waals surface area contributed by atoms with Crippen molar-refractivity contribution in [2.45, 2.75) is 13.3 Å². The van der Waals surface area contributed by atoms with E-state index >= 15 is 0 Å². The van der Waals surface area contributed by atoms with E-state index in [1.54, 1.807) is 31.0 Å². The Bertz CT molecular complexity index is 1380. The number of pyridine rings is 2. The van der Waals surface area contributed by atoms with Gasteiger partial charge < -0.3 is 4.57 Å². The highest BCUT2D eigenvalue weighted by molar-refractivity contribution is 5.97. The summed E-state index contributed by atoms with van der Waals surface area (Å²) in [5.41, 5.74) is 0.708. The van der Waals surface area contributed by atoms with Crippen LogP contribution in [0.25, 0.3) is 22.2 Å². The molecule has 0 atom stereocenters. The molecule has 5 nitrogen and oxygen atoms in total. The quantitative estimate of drug-likeness (QED) is 0.526. The molecule has 0 aliphatic heterocycles. The second kappa shape index (κ2) is 6.52. The largest absolute Gasteiger partial charge is 0.332 e. The number of Topliss-reactive ketones (excluding diaryl/α,β-unsaturated/α-hetero) is 1. The van der Waals surface area contributed by atoms with E-state index < -0.39 is 47.9 Å². The van der Waals surface area contributed by atoms with Crippen molar-refractivity contribution < 1.29 is 14.4 Å². The smallest absolute Gasteiger partial charge is 0.168 e. The van der Waals surface area contributed by atoms with E-state index in [-0.39, 0.29) is 6.42 Å². The molecule has 4 aromatic rings. The number of hydrogen-bond acceptors (Lipinski definition) is 4. The molecule has 0 spiro atoms. The zero-order chi connectivity index (χ0) is 24.1. The minimum Gasteiger partial charge on any atom is -0.332 e. The third kappa shape index (κ3) is 3.11. The molecule has 0 fully saturated rings. The van der Waals surface area contributed by atoms with Crippen LogP contribution in [0.15, 0.2) is 61.2 Å². The maximum atomic E-state index is 12.9. The van der Waals surface area contributed by atoms with Crippen molar-refractivity contribution in [1.82, 2.24) is 19.5 Å². The Morgan fingerprint density at radius 1 is 1.12 bits per heavy atom. The van der Waals surface area contributed by atoms with Gasteiger partial charge in [-0.1, -0.05) is 29.7 Å². The number of aryl methyl sites for hydroxylation is 1. The van der Waals surface area contributed by atoms with Crippen molar-refractivity contribution in [3.05, 3.63) is 78.0 Å². The molecule has 0 N–H and O–H groups in total. The van der Waals surface area contributed by atoms with Crippen molar-refractivity contribution >= 4 is 16.6 Å². The zero-order valence-electron chi connectivity index (χ0n) is 20.9. The van der Waals surface area contributed by atoms with E-state index in [2.05, 4.69) is 15.0 Å².